The predicted octanol–water partition coefficient (Wildman–Crippen LogP) is -0.834. The number of carbonyl (C=O) groups is 1. The summed E-state index contributed by atoms with van der Waals surface area (Å²) in [6.07, 6.45) is 0.854. The van der Waals surface area contributed by atoms with Crippen molar-refractivity contribution in [2.24, 2.45) is 5.73 Å². The largest absolute Gasteiger partial charge is 0.480 e. The van der Waals surface area contributed by atoms with E-state index in [2.05, 4.69) is 4.98 Å². The molecule has 21 heavy (non-hydrogen) atoms. The van der Waals surface area contributed by atoms with Gasteiger partial charge in [0.2, 0.25) is 10.0 Å². The zero-order valence-electron chi connectivity index (χ0n) is 10.7. The van der Waals surface area contributed by atoms with E-state index >= 15 is 0 Å². The minimum absolute atomic E-state index is 0.0119. The van der Waals surface area contributed by atoms with Gasteiger partial charge in [-0.05, 0) is 22.4 Å². The second-order valence-electron chi connectivity index (χ2n) is 4.66. The van der Waals surface area contributed by atoms with Gasteiger partial charge in [0.25, 0.3) is 0 Å². The first-order valence-electron chi connectivity index (χ1n) is 5.80. The molecule has 1 aliphatic rings. The Bertz CT molecular complexity index is 688. The van der Waals surface area contributed by atoms with Crippen molar-refractivity contribution in [3.05, 3.63) is 28.4 Å². The Morgan fingerprint density at radius 1 is 1.52 bits per heavy atom. The van der Waals surface area contributed by atoms with E-state index in [0.29, 0.717) is 0 Å². The average molecular weight is 316 g/mol. The zero-order chi connectivity index (χ0) is 15.8. The van der Waals surface area contributed by atoms with Crippen molar-refractivity contribution >= 4 is 21.8 Å². The number of aromatic nitrogens is 1. The molecule has 3 N–H and O–H groups in total. The first-order valence-corrected chi connectivity index (χ1v) is 7.24. The summed E-state index contributed by atoms with van der Waals surface area (Å²) in [4.78, 5) is 23.9. The summed E-state index contributed by atoms with van der Waals surface area (Å²) in [5.74, 6) is -1.75. The lowest BCUT2D eigenvalue weighted by Gasteiger charge is -2.19. The maximum Gasteiger partial charge on any atom is 0.363 e. The third-order valence-corrected chi connectivity index (χ3v) is 5.07. The van der Waals surface area contributed by atoms with Crippen LogP contribution < -0.4 is 5.73 Å². The second-order valence-corrected chi connectivity index (χ2v) is 6.60. The fourth-order valence-corrected chi connectivity index (χ4v) is 3.41. The fraction of sp³-hybridized carbons (Fsp3) is 0.400. The highest BCUT2D eigenvalue weighted by Crippen LogP contribution is 2.26. The molecule has 2 rings (SSSR count). The lowest BCUT2D eigenvalue weighted by molar-refractivity contribution is -0.389. The van der Waals surface area contributed by atoms with Crippen molar-refractivity contribution in [2.45, 2.75) is 16.9 Å². The molecule has 1 aromatic rings. The number of sulfonamides is 1. The molecule has 10 nitrogen and oxygen atoms in total. The topological polar surface area (TPSA) is 157 Å². The SMILES string of the molecule is NC1(C(=O)O)CCN(S(=O)(=O)c2ccc([N+](=O)[O-])nc2)C1. The molecule has 0 bridgehead atoms. The summed E-state index contributed by atoms with van der Waals surface area (Å²) in [6, 6.07) is 2.02. The lowest BCUT2D eigenvalue weighted by Crippen LogP contribution is -2.50. The Morgan fingerprint density at radius 3 is 2.62 bits per heavy atom. The van der Waals surface area contributed by atoms with Crippen LogP contribution in [0.5, 0.6) is 0 Å². The summed E-state index contributed by atoms with van der Waals surface area (Å²) < 4.78 is 25.5. The molecule has 1 fully saturated rings. The number of hydrogen-bond donors (Lipinski definition) is 2. The number of carboxylic acid groups (broad SMARTS) is 1. The third-order valence-electron chi connectivity index (χ3n) is 3.24. The van der Waals surface area contributed by atoms with E-state index in [-0.39, 0.29) is 24.4 Å². The minimum atomic E-state index is -3.98. The van der Waals surface area contributed by atoms with Gasteiger partial charge in [-0.15, -0.1) is 0 Å². The van der Waals surface area contributed by atoms with Crippen molar-refractivity contribution in [1.29, 1.82) is 0 Å². The van der Waals surface area contributed by atoms with E-state index in [0.717, 1.165) is 22.6 Å². The predicted molar refractivity (Wildman–Crippen MR) is 68.8 cm³/mol. The molecular weight excluding hydrogens is 304 g/mol. The van der Waals surface area contributed by atoms with Gasteiger partial charge in [-0.3, -0.25) is 4.79 Å². The number of pyridine rings is 1. The molecule has 1 unspecified atom stereocenters. The molecule has 114 valence electrons. The van der Waals surface area contributed by atoms with Crippen LogP contribution in [0.25, 0.3) is 0 Å². The van der Waals surface area contributed by atoms with E-state index in [1.807, 2.05) is 0 Å². The van der Waals surface area contributed by atoms with Gasteiger partial charge >= 0.3 is 11.8 Å². The number of carboxylic acids is 1. The molecule has 11 heteroatoms. The molecule has 2 heterocycles. The molecule has 0 saturated carbocycles. The highest BCUT2D eigenvalue weighted by molar-refractivity contribution is 7.89. The van der Waals surface area contributed by atoms with Crippen LogP contribution >= 0.6 is 0 Å². The average Bonchev–Trinajstić information content (AvgIpc) is 2.84. The molecular formula is C10H12N4O6S. The van der Waals surface area contributed by atoms with E-state index in [4.69, 9.17) is 10.8 Å². The van der Waals surface area contributed by atoms with Crippen molar-refractivity contribution in [3.8, 4) is 0 Å². The highest BCUT2D eigenvalue weighted by atomic mass is 32.2. The molecule has 0 aliphatic carbocycles. The molecule has 1 atom stereocenters. The summed E-state index contributed by atoms with van der Waals surface area (Å²) >= 11 is 0. The highest BCUT2D eigenvalue weighted by Gasteiger charge is 2.45. The van der Waals surface area contributed by atoms with Gasteiger partial charge in [0.15, 0.2) is 6.20 Å². The summed E-state index contributed by atoms with van der Waals surface area (Å²) in [5.41, 5.74) is 4.00. The third kappa shape index (κ3) is 2.70. The molecule has 1 aromatic heterocycles. The number of nitrogens with two attached hydrogens (primary N) is 1. The molecule has 0 spiro atoms. The summed E-state index contributed by atoms with van der Waals surface area (Å²) in [7, 11) is -3.98. The molecule has 0 amide bonds. The second kappa shape index (κ2) is 5.02. The Morgan fingerprint density at radius 2 is 2.19 bits per heavy atom. The quantitative estimate of drug-likeness (QED) is 0.538. The molecule has 0 radical (unpaired) electrons. The standard InChI is InChI=1S/C10H12N4O6S/c11-10(9(15)16)3-4-13(6-10)21(19,20)7-1-2-8(12-5-7)14(17)18/h1-2,5H,3-4,6,11H2,(H,15,16). The van der Waals surface area contributed by atoms with Crippen LogP contribution in [0.4, 0.5) is 5.82 Å². The Labute approximate surface area is 119 Å². The van der Waals surface area contributed by atoms with E-state index in [9.17, 15) is 23.3 Å². The first kappa shape index (κ1) is 15.3. The normalized spacial score (nSPS) is 23.1. The van der Waals surface area contributed by atoms with Crippen LogP contribution in [0.3, 0.4) is 0 Å². The Kier molecular flexibility index (Phi) is 3.65. The molecule has 1 saturated heterocycles. The zero-order valence-corrected chi connectivity index (χ0v) is 11.5. The summed E-state index contributed by atoms with van der Waals surface area (Å²) in [6.45, 7) is -0.399. The molecule has 0 aromatic carbocycles. The van der Waals surface area contributed by atoms with Gasteiger partial charge in [-0.2, -0.15) is 4.31 Å². The van der Waals surface area contributed by atoms with Gasteiger partial charge in [0.1, 0.15) is 10.4 Å². The van der Waals surface area contributed by atoms with Gasteiger partial charge in [0, 0.05) is 19.2 Å². The lowest BCUT2D eigenvalue weighted by atomic mass is 10.0. The summed E-state index contributed by atoms with van der Waals surface area (Å²) in [5, 5.41) is 19.5. The van der Waals surface area contributed by atoms with Crippen molar-refractivity contribution in [3.63, 3.8) is 0 Å². The molecule has 1 aliphatic heterocycles. The van der Waals surface area contributed by atoms with E-state index < -0.39 is 32.3 Å². The Balaban J connectivity index is 2.27. The Hall–Kier alpha value is -2.11. The van der Waals surface area contributed by atoms with Crippen LogP contribution in [0, 0.1) is 10.1 Å². The van der Waals surface area contributed by atoms with Crippen LogP contribution in [0.15, 0.2) is 23.2 Å². The van der Waals surface area contributed by atoms with E-state index in [1.54, 1.807) is 0 Å². The maximum absolute atomic E-state index is 12.3. The smallest absolute Gasteiger partial charge is 0.363 e. The van der Waals surface area contributed by atoms with Crippen LogP contribution in [0.2, 0.25) is 0 Å². The van der Waals surface area contributed by atoms with Crippen LogP contribution in [-0.4, -0.2) is 52.3 Å². The van der Waals surface area contributed by atoms with Gasteiger partial charge in [-0.1, -0.05) is 0 Å². The monoisotopic (exact) mass is 316 g/mol. The number of nitrogens with zero attached hydrogens (tertiary/aromatic N) is 3. The van der Waals surface area contributed by atoms with Crippen molar-refractivity contribution in [2.75, 3.05) is 13.1 Å². The first-order chi connectivity index (χ1) is 9.67. The number of nitro groups is 1. The minimum Gasteiger partial charge on any atom is -0.480 e. The van der Waals surface area contributed by atoms with Crippen molar-refractivity contribution in [1.82, 2.24) is 9.29 Å². The number of aliphatic carboxylic acids is 1. The van der Waals surface area contributed by atoms with E-state index in [1.165, 1.54) is 0 Å². The van der Waals surface area contributed by atoms with Gasteiger partial charge in [0.05, 0.1) is 0 Å². The number of rotatable bonds is 4. The van der Waals surface area contributed by atoms with Crippen LogP contribution in [0.1, 0.15) is 6.42 Å². The van der Waals surface area contributed by atoms with Crippen LogP contribution in [-0.2, 0) is 14.8 Å². The van der Waals surface area contributed by atoms with Gasteiger partial charge < -0.3 is 21.0 Å². The maximum atomic E-state index is 12.3. The number of hydrogen-bond acceptors (Lipinski definition) is 7. The van der Waals surface area contributed by atoms with Crippen molar-refractivity contribution < 1.29 is 23.2 Å². The van der Waals surface area contributed by atoms with Gasteiger partial charge in [-0.25, -0.2) is 8.42 Å². The fourth-order valence-electron chi connectivity index (χ4n) is 1.96.